The molecule has 0 fully saturated rings. The molecule has 8 heteroatoms. The first-order chi connectivity index (χ1) is 17.0. The Morgan fingerprint density at radius 1 is 1.09 bits per heavy atom. The van der Waals surface area contributed by atoms with Crippen molar-refractivity contribution in [3.63, 3.8) is 0 Å². The number of hydrogen-bond donors (Lipinski definition) is 3. The minimum Gasteiger partial charge on any atom is -0.476 e. The van der Waals surface area contributed by atoms with Crippen LogP contribution >= 0.6 is 0 Å². The van der Waals surface area contributed by atoms with Gasteiger partial charge in [0.15, 0.2) is 6.73 Å². The molecule has 0 aromatic heterocycles. The lowest BCUT2D eigenvalue weighted by molar-refractivity contribution is -0.123. The number of nitrogens with one attached hydrogen (secondary N) is 3. The van der Waals surface area contributed by atoms with Gasteiger partial charge in [0.05, 0.1) is 12.6 Å². The number of ether oxygens (including phenoxy) is 1. The van der Waals surface area contributed by atoms with Crippen LogP contribution in [-0.4, -0.2) is 38.2 Å². The molecule has 0 heterocycles. The van der Waals surface area contributed by atoms with E-state index < -0.39 is 0 Å². The van der Waals surface area contributed by atoms with Crippen LogP contribution in [0, 0.1) is 0 Å². The van der Waals surface area contributed by atoms with Crippen LogP contribution in [0.2, 0.25) is 0 Å². The molecule has 186 valence electrons. The van der Waals surface area contributed by atoms with Crippen molar-refractivity contribution in [2.24, 2.45) is 0 Å². The van der Waals surface area contributed by atoms with Crippen molar-refractivity contribution >= 4 is 28.8 Å². The van der Waals surface area contributed by atoms with E-state index in [1.807, 2.05) is 68.4 Å². The van der Waals surface area contributed by atoms with Gasteiger partial charge in [0.2, 0.25) is 12.3 Å². The summed E-state index contributed by atoms with van der Waals surface area (Å²) in [6, 6.07) is 19.0. The molecular weight excluding hydrogens is 447 g/mol. The van der Waals surface area contributed by atoms with Crippen molar-refractivity contribution in [1.29, 1.82) is 0 Å². The summed E-state index contributed by atoms with van der Waals surface area (Å²) >= 11 is 0. The maximum Gasteiger partial charge on any atom is 0.237 e. The summed E-state index contributed by atoms with van der Waals surface area (Å²) in [4.78, 5) is 26.1. The molecule has 0 aliphatic heterocycles. The molecule has 3 rings (SSSR count). The number of aryl methyl sites for hydroxylation is 1. The zero-order chi connectivity index (χ0) is 25.2. The number of carbonyl (C=O) groups excluding carboxylic acids is 2. The highest BCUT2D eigenvalue weighted by atomic mass is 19.2. The number of hydrogen-bond acceptors (Lipinski definition) is 5. The summed E-state index contributed by atoms with van der Waals surface area (Å²) in [7, 11) is 1.75. The normalized spacial score (nSPS) is 12.7. The number of halogens is 1. The molecule has 0 aliphatic rings. The van der Waals surface area contributed by atoms with Gasteiger partial charge in [-0.25, -0.2) is 0 Å². The molecule has 0 saturated heterocycles. The van der Waals surface area contributed by atoms with Gasteiger partial charge in [-0.2, -0.15) is 0 Å². The summed E-state index contributed by atoms with van der Waals surface area (Å²) in [5.74, 6) is 0.460. The van der Waals surface area contributed by atoms with Crippen LogP contribution in [0.5, 0.6) is 5.75 Å². The fourth-order valence-electron chi connectivity index (χ4n) is 4.01. The second-order valence-electron chi connectivity index (χ2n) is 8.51. The third-order valence-corrected chi connectivity index (χ3v) is 6.10. The third-order valence-electron chi connectivity index (χ3n) is 6.10. The summed E-state index contributed by atoms with van der Waals surface area (Å²) < 4.78 is 18.2. The second kappa shape index (κ2) is 12.8. The Bertz CT molecular complexity index is 1140. The van der Waals surface area contributed by atoms with Gasteiger partial charge >= 0.3 is 0 Å². The van der Waals surface area contributed by atoms with E-state index in [1.165, 1.54) is 5.54 Å². The molecule has 0 saturated carbocycles. The van der Waals surface area contributed by atoms with Crippen molar-refractivity contribution in [1.82, 2.24) is 16.2 Å². The SMILES string of the molecule is CN[C@@H](C)C(=O)NC(C)CCc1ccccc1N(C=O)Cc1c(OCNF)ccc2ccccc12. The Morgan fingerprint density at radius 3 is 2.57 bits per heavy atom. The maximum atomic E-state index is 12.6. The number of amides is 2. The van der Waals surface area contributed by atoms with Crippen molar-refractivity contribution in [2.45, 2.75) is 45.3 Å². The molecule has 3 aromatic rings. The van der Waals surface area contributed by atoms with E-state index in [0.717, 1.165) is 40.4 Å². The van der Waals surface area contributed by atoms with Gasteiger partial charge in [0, 0.05) is 17.3 Å². The van der Waals surface area contributed by atoms with E-state index in [4.69, 9.17) is 4.74 Å². The van der Waals surface area contributed by atoms with Crippen LogP contribution < -0.4 is 25.8 Å². The van der Waals surface area contributed by atoms with Crippen LogP contribution in [0.4, 0.5) is 10.2 Å². The number of rotatable bonds is 13. The van der Waals surface area contributed by atoms with Crippen LogP contribution in [0.25, 0.3) is 10.8 Å². The van der Waals surface area contributed by atoms with Gasteiger partial charge in [-0.1, -0.05) is 48.5 Å². The molecule has 0 bridgehead atoms. The summed E-state index contributed by atoms with van der Waals surface area (Å²) in [5, 5.41) is 7.88. The zero-order valence-electron chi connectivity index (χ0n) is 20.4. The van der Waals surface area contributed by atoms with E-state index in [1.54, 1.807) is 18.0 Å². The van der Waals surface area contributed by atoms with Crippen molar-refractivity contribution in [3.8, 4) is 5.75 Å². The standard InChI is InChI=1S/C27H33FN4O3/c1-19(31-27(34)20(2)29-3)12-13-22-9-5-7-11-25(22)32(18-33)16-24-23-10-6-4-8-21(23)14-15-26(24)35-17-30-28/h4-11,14-15,18-20,29-30H,12-13,16-17H2,1-3H3,(H,31,34)/t19?,20-/m0/s1. The smallest absolute Gasteiger partial charge is 0.237 e. The van der Waals surface area contributed by atoms with Crippen LogP contribution in [-0.2, 0) is 22.6 Å². The topological polar surface area (TPSA) is 82.7 Å². The Labute approximate surface area is 205 Å². The van der Waals surface area contributed by atoms with Gasteiger partial charge < -0.3 is 20.3 Å². The molecule has 3 N–H and O–H groups in total. The lowest BCUT2D eigenvalue weighted by Gasteiger charge is -2.24. The summed E-state index contributed by atoms with van der Waals surface area (Å²) in [6.07, 6.45) is 2.20. The maximum absolute atomic E-state index is 12.6. The van der Waals surface area contributed by atoms with E-state index in [9.17, 15) is 14.1 Å². The number of anilines is 1. The Balaban J connectivity index is 1.84. The molecule has 35 heavy (non-hydrogen) atoms. The summed E-state index contributed by atoms with van der Waals surface area (Å²) in [6.45, 7) is 3.75. The van der Waals surface area contributed by atoms with Crippen molar-refractivity contribution in [3.05, 3.63) is 71.8 Å². The molecule has 0 radical (unpaired) electrons. The number of benzene rings is 3. The monoisotopic (exact) mass is 480 g/mol. The lowest BCUT2D eigenvalue weighted by atomic mass is 10.0. The molecule has 0 spiro atoms. The molecule has 3 aromatic carbocycles. The Morgan fingerprint density at radius 2 is 1.83 bits per heavy atom. The average Bonchev–Trinajstić information content (AvgIpc) is 2.89. The lowest BCUT2D eigenvalue weighted by Crippen LogP contribution is -2.44. The number of likely N-dealkylation sites (N-methyl/N-ethyl adjacent to an activating group) is 1. The van der Waals surface area contributed by atoms with Crippen LogP contribution in [0.15, 0.2) is 60.7 Å². The Hall–Kier alpha value is -3.49. The number of para-hydroxylation sites is 1. The predicted octanol–water partition coefficient (Wildman–Crippen LogP) is 3.86. The number of carbonyl (C=O) groups is 2. The molecule has 2 atom stereocenters. The third kappa shape index (κ3) is 6.77. The minimum absolute atomic E-state index is 0.0256. The van der Waals surface area contributed by atoms with E-state index in [2.05, 4.69) is 10.6 Å². The van der Waals surface area contributed by atoms with E-state index in [-0.39, 0.29) is 31.3 Å². The van der Waals surface area contributed by atoms with Gasteiger partial charge in [-0.3, -0.25) is 9.59 Å². The molecule has 1 unspecified atom stereocenters. The van der Waals surface area contributed by atoms with Crippen LogP contribution in [0.3, 0.4) is 0 Å². The van der Waals surface area contributed by atoms with Crippen LogP contribution in [0.1, 0.15) is 31.4 Å². The van der Waals surface area contributed by atoms with E-state index >= 15 is 0 Å². The first-order valence-corrected chi connectivity index (χ1v) is 11.7. The molecule has 0 aliphatic carbocycles. The number of nitrogens with zero attached hydrogens (tertiary/aromatic N) is 1. The average molecular weight is 481 g/mol. The second-order valence-corrected chi connectivity index (χ2v) is 8.51. The fraction of sp³-hybridized carbons (Fsp3) is 0.333. The zero-order valence-corrected chi connectivity index (χ0v) is 20.4. The largest absolute Gasteiger partial charge is 0.476 e. The predicted molar refractivity (Wildman–Crippen MR) is 137 cm³/mol. The first-order valence-electron chi connectivity index (χ1n) is 11.7. The molecule has 7 nitrogen and oxygen atoms in total. The molecule has 2 amide bonds. The summed E-state index contributed by atoms with van der Waals surface area (Å²) in [5.41, 5.74) is 4.09. The van der Waals surface area contributed by atoms with Gasteiger partial charge in [0.25, 0.3) is 0 Å². The Kier molecular flexibility index (Phi) is 9.57. The van der Waals surface area contributed by atoms with Crippen molar-refractivity contribution in [2.75, 3.05) is 18.7 Å². The fourth-order valence-corrected chi connectivity index (χ4v) is 4.01. The van der Waals surface area contributed by atoms with Gasteiger partial charge in [-0.05, 0) is 62.2 Å². The highest BCUT2D eigenvalue weighted by Crippen LogP contribution is 2.31. The highest BCUT2D eigenvalue weighted by molar-refractivity contribution is 5.89. The number of fused-ring (bicyclic) bond motifs is 1. The van der Waals surface area contributed by atoms with Gasteiger partial charge in [-0.15, -0.1) is 10.0 Å². The quantitative estimate of drug-likeness (QED) is 0.197. The van der Waals surface area contributed by atoms with Gasteiger partial charge in [0.1, 0.15) is 5.75 Å². The van der Waals surface area contributed by atoms with E-state index in [0.29, 0.717) is 12.2 Å². The van der Waals surface area contributed by atoms with Crippen molar-refractivity contribution < 1.29 is 18.8 Å². The molecular formula is C27H33FN4O3. The first kappa shape index (κ1) is 26.1. The minimum atomic E-state index is -0.293. The highest BCUT2D eigenvalue weighted by Gasteiger charge is 2.18.